The van der Waals surface area contributed by atoms with Gasteiger partial charge in [-0.25, -0.2) is 4.98 Å². The van der Waals surface area contributed by atoms with Crippen LogP contribution in [0.2, 0.25) is 0 Å². The lowest BCUT2D eigenvalue weighted by molar-refractivity contribution is 0.282. The van der Waals surface area contributed by atoms with Gasteiger partial charge in [-0.15, -0.1) is 0 Å². The van der Waals surface area contributed by atoms with Gasteiger partial charge in [0.05, 0.1) is 18.0 Å². The molecule has 1 saturated carbocycles. The van der Waals surface area contributed by atoms with E-state index >= 15 is 0 Å². The molecule has 6 nitrogen and oxygen atoms in total. The molecule has 1 N–H and O–H groups in total. The highest BCUT2D eigenvalue weighted by atomic mass is 16.3. The van der Waals surface area contributed by atoms with Crippen molar-refractivity contribution in [2.24, 2.45) is 7.05 Å². The monoisotopic (exact) mass is 319 g/mol. The summed E-state index contributed by atoms with van der Waals surface area (Å²) in [5.41, 5.74) is 6.01. The predicted molar refractivity (Wildman–Crippen MR) is 89.7 cm³/mol. The largest absolute Gasteiger partial charge is 0.392 e. The van der Waals surface area contributed by atoms with Crippen LogP contribution in [0.25, 0.3) is 16.7 Å². The summed E-state index contributed by atoms with van der Waals surface area (Å²) in [6.45, 7) is 0.0391. The van der Waals surface area contributed by atoms with Crippen molar-refractivity contribution in [1.82, 2.24) is 24.1 Å². The molecule has 0 saturated heterocycles. The smallest absolute Gasteiger partial charge is 0.137 e. The molecule has 1 aliphatic carbocycles. The summed E-state index contributed by atoms with van der Waals surface area (Å²) in [6.07, 6.45) is 6.94. The molecular weight excluding hydrogens is 302 g/mol. The summed E-state index contributed by atoms with van der Waals surface area (Å²) in [7, 11) is 1.99. The Balaban J connectivity index is 1.53. The lowest BCUT2D eigenvalue weighted by Crippen LogP contribution is -1.97. The summed E-state index contributed by atoms with van der Waals surface area (Å²) in [6, 6.07) is 7.78. The van der Waals surface area contributed by atoms with E-state index in [4.69, 9.17) is 4.98 Å². The molecule has 1 aliphatic rings. The van der Waals surface area contributed by atoms with Crippen molar-refractivity contribution in [3.8, 4) is 0 Å². The Bertz CT molecular complexity index is 1060. The quantitative estimate of drug-likeness (QED) is 0.629. The number of aromatic nitrogens is 5. The van der Waals surface area contributed by atoms with Crippen LogP contribution in [0.4, 0.5) is 0 Å². The average Bonchev–Trinajstić information content (AvgIpc) is 3.13. The zero-order chi connectivity index (χ0) is 16.3. The molecule has 4 aromatic rings. The molecule has 0 aromatic carbocycles. The number of rotatable bonds is 3. The second kappa shape index (κ2) is 4.88. The number of imidazole rings is 1. The van der Waals surface area contributed by atoms with E-state index in [0.717, 1.165) is 34.4 Å². The third-order valence-electron chi connectivity index (χ3n) is 4.88. The molecule has 24 heavy (non-hydrogen) atoms. The summed E-state index contributed by atoms with van der Waals surface area (Å²) in [5, 5.41) is 13.8. The molecule has 5 rings (SSSR count). The van der Waals surface area contributed by atoms with Crippen LogP contribution >= 0.6 is 0 Å². The zero-order valence-electron chi connectivity index (χ0n) is 13.3. The molecule has 2 atom stereocenters. The van der Waals surface area contributed by atoms with Gasteiger partial charge in [0.25, 0.3) is 0 Å². The Morgan fingerprint density at radius 1 is 1.29 bits per heavy atom. The van der Waals surface area contributed by atoms with E-state index in [0.29, 0.717) is 11.8 Å². The van der Waals surface area contributed by atoms with Crippen molar-refractivity contribution in [2.75, 3.05) is 0 Å². The number of aliphatic hydroxyl groups excluding tert-OH is 1. The molecule has 0 bridgehead atoms. The third kappa shape index (κ3) is 1.96. The Morgan fingerprint density at radius 2 is 2.21 bits per heavy atom. The minimum atomic E-state index is 0.0391. The second-order valence-electron chi connectivity index (χ2n) is 6.45. The third-order valence-corrected chi connectivity index (χ3v) is 4.88. The maximum Gasteiger partial charge on any atom is 0.137 e. The van der Waals surface area contributed by atoms with Gasteiger partial charge in [-0.1, -0.05) is 0 Å². The number of fused-ring (bicyclic) bond motifs is 2. The molecule has 1 fully saturated rings. The minimum absolute atomic E-state index is 0.0391. The Labute approximate surface area is 138 Å². The van der Waals surface area contributed by atoms with Gasteiger partial charge in [0.15, 0.2) is 0 Å². The van der Waals surface area contributed by atoms with Crippen LogP contribution in [0.3, 0.4) is 0 Å². The van der Waals surface area contributed by atoms with E-state index in [1.807, 2.05) is 52.8 Å². The number of aryl methyl sites for hydroxylation is 1. The summed E-state index contributed by atoms with van der Waals surface area (Å²) >= 11 is 0. The molecule has 0 amide bonds. The second-order valence-corrected chi connectivity index (χ2v) is 6.45. The molecule has 2 unspecified atom stereocenters. The van der Waals surface area contributed by atoms with Crippen LogP contribution in [0, 0.1) is 0 Å². The molecule has 4 heterocycles. The van der Waals surface area contributed by atoms with Gasteiger partial charge in [-0.3, -0.25) is 9.67 Å². The highest BCUT2D eigenvalue weighted by molar-refractivity contribution is 5.78. The summed E-state index contributed by atoms with van der Waals surface area (Å²) in [4.78, 5) is 9.28. The van der Waals surface area contributed by atoms with Crippen LogP contribution < -0.4 is 0 Å². The first-order valence-corrected chi connectivity index (χ1v) is 8.10. The predicted octanol–water partition coefficient (Wildman–Crippen LogP) is 2.38. The molecule has 0 spiro atoms. The first-order valence-electron chi connectivity index (χ1n) is 8.10. The summed E-state index contributed by atoms with van der Waals surface area (Å²) < 4.78 is 3.98. The van der Waals surface area contributed by atoms with Crippen LogP contribution in [0.5, 0.6) is 0 Å². The van der Waals surface area contributed by atoms with Gasteiger partial charge in [0, 0.05) is 37.5 Å². The van der Waals surface area contributed by atoms with Gasteiger partial charge in [-0.2, -0.15) is 5.10 Å². The van der Waals surface area contributed by atoms with E-state index < -0.39 is 0 Å². The molecular formula is C18H17N5O. The van der Waals surface area contributed by atoms with Gasteiger partial charge in [-0.05, 0) is 36.2 Å². The van der Waals surface area contributed by atoms with Crippen LogP contribution in [0.1, 0.15) is 35.2 Å². The van der Waals surface area contributed by atoms with Crippen LogP contribution in [-0.2, 0) is 13.7 Å². The molecule has 6 heteroatoms. The van der Waals surface area contributed by atoms with E-state index in [2.05, 4.69) is 16.3 Å². The van der Waals surface area contributed by atoms with E-state index in [1.54, 1.807) is 0 Å². The Hall–Kier alpha value is -2.73. The number of aliphatic hydroxyl groups is 1. The number of hydrogen-bond acceptors (Lipinski definition) is 4. The molecule has 0 aliphatic heterocycles. The minimum Gasteiger partial charge on any atom is -0.392 e. The van der Waals surface area contributed by atoms with Crippen molar-refractivity contribution < 1.29 is 5.11 Å². The van der Waals surface area contributed by atoms with Crippen molar-refractivity contribution in [3.05, 3.63) is 59.8 Å². The Kier molecular flexibility index (Phi) is 2.78. The van der Waals surface area contributed by atoms with Crippen molar-refractivity contribution in [3.63, 3.8) is 0 Å². The van der Waals surface area contributed by atoms with E-state index in [9.17, 15) is 5.11 Å². The van der Waals surface area contributed by atoms with Crippen molar-refractivity contribution in [1.29, 1.82) is 0 Å². The topological polar surface area (TPSA) is 68.2 Å². The van der Waals surface area contributed by atoms with Crippen molar-refractivity contribution in [2.45, 2.75) is 24.9 Å². The zero-order valence-corrected chi connectivity index (χ0v) is 13.3. The highest BCUT2D eigenvalue weighted by Gasteiger charge is 2.44. The number of nitrogens with zero attached hydrogens (tertiary/aromatic N) is 5. The lowest BCUT2D eigenvalue weighted by atomic mass is 10.2. The first kappa shape index (κ1) is 13.7. The van der Waals surface area contributed by atoms with Gasteiger partial charge < -0.3 is 9.51 Å². The van der Waals surface area contributed by atoms with Gasteiger partial charge >= 0.3 is 0 Å². The van der Waals surface area contributed by atoms with Crippen LogP contribution in [0.15, 0.2) is 42.9 Å². The maximum atomic E-state index is 9.27. The highest BCUT2D eigenvalue weighted by Crippen LogP contribution is 2.55. The van der Waals surface area contributed by atoms with Crippen LogP contribution in [-0.4, -0.2) is 29.3 Å². The normalized spacial score (nSPS) is 20.1. The summed E-state index contributed by atoms with van der Waals surface area (Å²) in [5.74, 6) is 0.820. The maximum absolute atomic E-state index is 9.27. The molecule has 120 valence electrons. The average molecular weight is 319 g/mol. The SMILES string of the molecule is Cn1nc2cccnc2c1C1CC1c1cn2ccc(CO)cc2n1. The molecule has 0 radical (unpaired) electrons. The Morgan fingerprint density at radius 3 is 3.08 bits per heavy atom. The van der Waals surface area contributed by atoms with Crippen molar-refractivity contribution >= 4 is 16.7 Å². The molecule has 4 aromatic heterocycles. The fourth-order valence-corrected chi connectivity index (χ4v) is 3.60. The van der Waals surface area contributed by atoms with Gasteiger partial charge in [0.2, 0.25) is 0 Å². The van der Waals surface area contributed by atoms with E-state index in [1.165, 1.54) is 5.69 Å². The fraction of sp³-hybridized carbons (Fsp3) is 0.278. The standard InChI is InChI=1S/C18H17N5O/c1-22-18(17-14(21-22)3-2-5-19-17)13-8-12(13)15-9-23-6-4-11(10-24)7-16(23)20-15/h2-7,9,12-13,24H,8,10H2,1H3. The lowest BCUT2D eigenvalue weighted by Gasteiger charge is -2.00. The van der Waals surface area contributed by atoms with Gasteiger partial charge in [0.1, 0.15) is 16.7 Å². The fourth-order valence-electron chi connectivity index (χ4n) is 3.60. The number of hydrogen-bond donors (Lipinski definition) is 1. The van der Waals surface area contributed by atoms with E-state index in [-0.39, 0.29) is 6.61 Å². The first-order chi connectivity index (χ1) is 11.7. The number of pyridine rings is 2.